The zero-order valence-corrected chi connectivity index (χ0v) is 27.9. The lowest BCUT2D eigenvalue weighted by atomic mass is 9.50. The second-order valence-electron chi connectivity index (χ2n) is 12.0. The second-order valence-corrected chi connectivity index (χ2v) is 12.0. The molecule has 1 atom stereocenters. The maximum absolute atomic E-state index is 4.83. The predicted molar refractivity (Wildman–Crippen MR) is 186 cm³/mol. The molecule has 232 valence electrons. The third kappa shape index (κ3) is 7.14. The number of hydrogen-bond donors (Lipinski definition) is 2. The summed E-state index contributed by atoms with van der Waals surface area (Å²) >= 11 is 0. The smallest absolute Gasteiger partial charge is 0.156 e. The van der Waals surface area contributed by atoms with Crippen molar-refractivity contribution in [3.63, 3.8) is 0 Å². The molecular formula is C38H55N5. The van der Waals surface area contributed by atoms with Gasteiger partial charge in [-0.3, -0.25) is 0 Å². The first kappa shape index (κ1) is 33.9. The molecule has 3 aliphatic carbocycles. The fourth-order valence-corrected chi connectivity index (χ4v) is 6.83. The predicted octanol–water partition coefficient (Wildman–Crippen LogP) is 9.44. The normalized spacial score (nSPS) is 21.0. The highest BCUT2D eigenvalue weighted by molar-refractivity contribution is 5.68. The van der Waals surface area contributed by atoms with Crippen molar-refractivity contribution < 1.29 is 0 Å². The van der Waals surface area contributed by atoms with E-state index in [0.717, 1.165) is 34.8 Å². The van der Waals surface area contributed by atoms with Crippen LogP contribution >= 0.6 is 0 Å². The van der Waals surface area contributed by atoms with Crippen molar-refractivity contribution in [2.75, 3.05) is 0 Å². The fraction of sp³-hybridized carbons (Fsp3) is 0.474. The molecule has 1 aromatic carbocycles. The Hall–Kier alpha value is -3.60. The molecule has 3 aliphatic rings. The standard InChI is InChI=1S/C34H43N5.2C2H6/c1-8-9-29-11-10-28(20-24(29)4)22-35-25(5)30-21-31(39-32(38-30)12-19-36-39)26(6)37-27(7)34-16-13-33(14-17-34,15-18-34)23(2)3;2*1-2/h8,10-12,19-21,27,35,37H,1-2,5-6,9,13-18,22H2,3-4,7H3;2*1-2H3. The van der Waals surface area contributed by atoms with Crippen LogP contribution in [0.1, 0.15) is 108 Å². The van der Waals surface area contributed by atoms with Crippen molar-refractivity contribution in [2.24, 2.45) is 10.8 Å². The Labute approximate surface area is 261 Å². The molecular weight excluding hydrogens is 526 g/mol. The van der Waals surface area contributed by atoms with Crippen LogP contribution in [0.5, 0.6) is 0 Å². The van der Waals surface area contributed by atoms with Crippen molar-refractivity contribution in [1.82, 2.24) is 25.2 Å². The summed E-state index contributed by atoms with van der Waals surface area (Å²) in [6.45, 7) is 32.3. The summed E-state index contributed by atoms with van der Waals surface area (Å²) in [5, 5.41) is 11.8. The van der Waals surface area contributed by atoms with Gasteiger partial charge in [-0.05, 0) is 99.3 Å². The van der Waals surface area contributed by atoms with Crippen molar-refractivity contribution in [3.8, 4) is 0 Å². The number of benzene rings is 1. The number of aromatic nitrogens is 3. The number of hydrogen-bond acceptors (Lipinski definition) is 4. The lowest BCUT2D eigenvalue weighted by Crippen LogP contribution is -2.51. The van der Waals surface area contributed by atoms with Gasteiger partial charge >= 0.3 is 0 Å². The Bertz CT molecular complexity index is 1420. The van der Waals surface area contributed by atoms with Gasteiger partial charge in [0, 0.05) is 18.7 Å². The Morgan fingerprint density at radius 1 is 0.977 bits per heavy atom. The van der Waals surface area contributed by atoms with Gasteiger partial charge in [-0.25, -0.2) is 9.50 Å². The van der Waals surface area contributed by atoms with E-state index in [1.165, 1.54) is 60.8 Å². The van der Waals surface area contributed by atoms with Crippen LogP contribution in [0.3, 0.4) is 0 Å². The maximum Gasteiger partial charge on any atom is 0.156 e. The maximum atomic E-state index is 4.83. The zero-order chi connectivity index (χ0) is 31.8. The number of rotatable bonds is 11. The minimum Gasteiger partial charge on any atom is -0.381 e. The summed E-state index contributed by atoms with van der Waals surface area (Å²) in [5.41, 5.74) is 10.0. The molecule has 3 aromatic rings. The van der Waals surface area contributed by atoms with E-state index in [4.69, 9.17) is 4.98 Å². The Morgan fingerprint density at radius 2 is 1.63 bits per heavy atom. The summed E-state index contributed by atoms with van der Waals surface area (Å²) in [7, 11) is 0. The lowest BCUT2D eigenvalue weighted by molar-refractivity contribution is -0.00533. The average Bonchev–Trinajstić information content (AvgIpc) is 3.52. The van der Waals surface area contributed by atoms with Crippen LogP contribution in [-0.2, 0) is 13.0 Å². The number of allylic oxidation sites excluding steroid dienone is 2. The number of nitrogens with zero attached hydrogens (tertiary/aromatic N) is 3. The molecule has 0 aliphatic heterocycles. The highest BCUT2D eigenvalue weighted by Gasteiger charge is 2.51. The molecule has 2 bridgehead atoms. The van der Waals surface area contributed by atoms with Crippen LogP contribution in [0.25, 0.3) is 17.0 Å². The van der Waals surface area contributed by atoms with Gasteiger partial charge in [0.25, 0.3) is 0 Å². The van der Waals surface area contributed by atoms with Crippen LogP contribution in [0, 0.1) is 17.8 Å². The third-order valence-corrected chi connectivity index (χ3v) is 9.77. The number of nitrogens with one attached hydrogen (secondary N) is 2. The minimum absolute atomic E-state index is 0.309. The monoisotopic (exact) mass is 581 g/mol. The molecule has 5 heteroatoms. The first-order valence-electron chi connectivity index (χ1n) is 16.3. The molecule has 3 saturated carbocycles. The summed E-state index contributed by atoms with van der Waals surface area (Å²) in [4.78, 5) is 4.83. The van der Waals surface area contributed by atoms with Crippen LogP contribution in [0.4, 0.5) is 0 Å². The quantitative estimate of drug-likeness (QED) is 0.221. The van der Waals surface area contributed by atoms with E-state index >= 15 is 0 Å². The zero-order valence-electron chi connectivity index (χ0n) is 27.9. The highest BCUT2D eigenvalue weighted by Crippen LogP contribution is 2.60. The van der Waals surface area contributed by atoms with Gasteiger partial charge in [0.1, 0.15) is 0 Å². The summed E-state index contributed by atoms with van der Waals surface area (Å²) in [6.07, 6.45) is 12.1. The molecule has 0 saturated heterocycles. The van der Waals surface area contributed by atoms with Crippen LogP contribution in [0.2, 0.25) is 0 Å². The van der Waals surface area contributed by atoms with Gasteiger partial charge in [-0.1, -0.05) is 77.3 Å². The topological polar surface area (TPSA) is 54.2 Å². The van der Waals surface area contributed by atoms with Crippen molar-refractivity contribution >= 4 is 17.0 Å². The molecule has 0 radical (unpaired) electrons. The highest BCUT2D eigenvalue weighted by atomic mass is 15.3. The second kappa shape index (κ2) is 14.7. The van der Waals surface area contributed by atoms with Gasteiger partial charge in [-0.2, -0.15) is 5.10 Å². The molecule has 5 nitrogen and oxygen atoms in total. The van der Waals surface area contributed by atoms with E-state index < -0.39 is 0 Å². The largest absolute Gasteiger partial charge is 0.381 e. The molecule has 2 heterocycles. The van der Waals surface area contributed by atoms with Crippen LogP contribution in [-0.4, -0.2) is 20.6 Å². The van der Waals surface area contributed by atoms with Crippen molar-refractivity contribution in [3.05, 3.63) is 103 Å². The SMILES string of the molecule is C=CCc1ccc(CNC(=C)c2cc(C(=C)NC(C)C34CCC(C(=C)C)(CC3)CC4)n3nccc3n2)cc1C.CC.CC. The number of fused-ring (bicyclic) bond motifs is 4. The summed E-state index contributed by atoms with van der Waals surface area (Å²) in [6, 6.07) is 10.9. The lowest BCUT2D eigenvalue weighted by Gasteiger charge is -2.56. The van der Waals surface area contributed by atoms with E-state index in [1.54, 1.807) is 6.20 Å². The van der Waals surface area contributed by atoms with E-state index in [1.807, 2.05) is 50.4 Å². The van der Waals surface area contributed by atoms with Crippen LogP contribution < -0.4 is 10.6 Å². The first-order chi connectivity index (χ1) is 20.7. The van der Waals surface area contributed by atoms with E-state index in [-0.39, 0.29) is 0 Å². The van der Waals surface area contributed by atoms with Crippen molar-refractivity contribution in [1.29, 1.82) is 0 Å². The van der Waals surface area contributed by atoms with E-state index in [2.05, 4.69) is 81.0 Å². The van der Waals surface area contributed by atoms with Gasteiger partial charge in [0.15, 0.2) is 5.65 Å². The molecule has 3 fully saturated rings. The Morgan fingerprint density at radius 3 is 2.21 bits per heavy atom. The van der Waals surface area contributed by atoms with Gasteiger partial charge in [-0.15, -0.1) is 6.58 Å². The first-order valence-corrected chi connectivity index (χ1v) is 16.3. The fourth-order valence-electron chi connectivity index (χ4n) is 6.83. The molecule has 2 N–H and O–H groups in total. The van der Waals surface area contributed by atoms with Crippen molar-refractivity contribution in [2.45, 2.75) is 106 Å². The van der Waals surface area contributed by atoms with Gasteiger partial charge < -0.3 is 10.6 Å². The Balaban J connectivity index is 0.00000121. The molecule has 43 heavy (non-hydrogen) atoms. The molecule has 0 amide bonds. The molecule has 0 spiro atoms. The number of aryl methyl sites for hydroxylation is 1. The summed E-state index contributed by atoms with van der Waals surface area (Å²) in [5.74, 6) is 0. The molecule has 1 unspecified atom stereocenters. The van der Waals surface area contributed by atoms with E-state index in [9.17, 15) is 0 Å². The Kier molecular flexibility index (Phi) is 11.6. The molecule has 6 rings (SSSR count). The van der Waals surface area contributed by atoms with Gasteiger partial charge in [0.05, 0.1) is 29.0 Å². The van der Waals surface area contributed by atoms with Crippen LogP contribution in [0.15, 0.2) is 74.5 Å². The average molecular weight is 582 g/mol. The summed E-state index contributed by atoms with van der Waals surface area (Å²) < 4.78 is 1.87. The third-order valence-electron chi connectivity index (χ3n) is 9.77. The molecule has 2 aromatic heterocycles. The minimum atomic E-state index is 0.309. The van der Waals surface area contributed by atoms with Gasteiger partial charge in [0.2, 0.25) is 0 Å². The van der Waals surface area contributed by atoms with E-state index in [0.29, 0.717) is 23.4 Å².